The molecule has 1 N–H and O–H groups in total. The molecule has 1 atom stereocenters. The molecule has 1 amide bonds. The smallest absolute Gasteiger partial charge is 0.407 e. The summed E-state index contributed by atoms with van der Waals surface area (Å²) in [6.07, 6.45) is -0.353. The largest absolute Gasteiger partial charge is 0.449 e. The third-order valence-corrected chi connectivity index (χ3v) is 4.78. The second-order valence-corrected chi connectivity index (χ2v) is 6.52. The fourth-order valence-electron chi connectivity index (χ4n) is 1.92. The quantitative estimate of drug-likeness (QED) is 0.758. The van der Waals surface area contributed by atoms with E-state index in [1.807, 2.05) is 18.2 Å². The minimum atomic E-state index is -0.353. The molecule has 0 aromatic heterocycles. The lowest BCUT2D eigenvalue weighted by molar-refractivity contribution is 0.0387. The van der Waals surface area contributed by atoms with E-state index in [1.54, 1.807) is 0 Å². The van der Waals surface area contributed by atoms with Gasteiger partial charge in [-0.05, 0) is 49.6 Å². The highest BCUT2D eigenvalue weighted by molar-refractivity contribution is 9.13. The first-order valence-corrected chi connectivity index (χ1v) is 6.87. The van der Waals surface area contributed by atoms with E-state index in [0.717, 1.165) is 14.5 Å². The summed E-state index contributed by atoms with van der Waals surface area (Å²) in [6.45, 7) is 4.58. The molecule has 2 rings (SSSR count). The number of amides is 1. The molecular weight excluding hydrogens is 385 g/mol. The Kier molecular flexibility index (Phi) is 5.09. The van der Waals surface area contributed by atoms with Gasteiger partial charge in [-0.15, -0.1) is 12.4 Å². The number of hydrogen-bond donors (Lipinski definition) is 1. The summed E-state index contributed by atoms with van der Waals surface area (Å²) >= 11 is 6.91. The molecule has 1 aromatic rings. The van der Waals surface area contributed by atoms with E-state index in [4.69, 9.17) is 4.74 Å². The molecule has 6 heteroatoms. The number of hydrogen-bond acceptors (Lipinski definition) is 2. The molecule has 1 aliphatic heterocycles. The van der Waals surface area contributed by atoms with Crippen molar-refractivity contribution in [2.75, 3.05) is 6.61 Å². The standard InChI is InChI=1S/C12H13Br2NO2.ClH/c1-12(2)6-17-11(16)15-10(12)7-3-4-8(13)9(14)5-7;/h3-5,10H,6H2,1-2H3,(H,15,16);1H/t10-;/m1./s1. The minimum absolute atomic E-state index is 0. The molecule has 1 saturated heterocycles. The first kappa shape index (κ1) is 15.8. The van der Waals surface area contributed by atoms with Crippen LogP contribution in [0.15, 0.2) is 27.1 Å². The second kappa shape index (κ2) is 5.80. The Morgan fingerprint density at radius 3 is 2.61 bits per heavy atom. The van der Waals surface area contributed by atoms with Crippen LogP contribution in [-0.4, -0.2) is 12.7 Å². The highest BCUT2D eigenvalue weighted by Crippen LogP contribution is 2.38. The molecule has 18 heavy (non-hydrogen) atoms. The maximum atomic E-state index is 11.3. The number of carbonyl (C=O) groups excluding carboxylic acids is 1. The number of alkyl carbamates (subject to hydrolysis) is 1. The predicted octanol–water partition coefficient (Wildman–Crippen LogP) is 4.44. The molecule has 0 unspecified atom stereocenters. The summed E-state index contributed by atoms with van der Waals surface area (Å²) in [5.41, 5.74) is 0.947. The van der Waals surface area contributed by atoms with E-state index in [1.165, 1.54) is 0 Å². The highest BCUT2D eigenvalue weighted by atomic mass is 79.9. The maximum absolute atomic E-state index is 11.3. The van der Waals surface area contributed by atoms with E-state index in [-0.39, 0.29) is 30.0 Å². The van der Waals surface area contributed by atoms with Gasteiger partial charge in [-0.25, -0.2) is 4.79 Å². The van der Waals surface area contributed by atoms with Crippen molar-refractivity contribution in [2.24, 2.45) is 5.41 Å². The van der Waals surface area contributed by atoms with E-state index < -0.39 is 0 Å². The number of carbonyl (C=O) groups is 1. The van der Waals surface area contributed by atoms with Gasteiger partial charge in [-0.3, -0.25) is 0 Å². The first-order chi connectivity index (χ1) is 7.90. The van der Waals surface area contributed by atoms with Crippen molar-refractivity contribution in [3.63, 3.8) is 0 Å². The van der Waals surface area contributed by atoms with Gasteiger partial charge in [0.05, 0.1) is 6.04 Å². The normalized spacial score (nSPS) is 21.6. The molecular formula is C12H14Br2ClNO2. The molecule has 0 bridgehead atoms. The molecule has 1 aromatic carbocycles. The van der Waals surface area contributed by atoms with Gasteiger partial charge >= 0.3 is 6.09 Å². The van der Waals surface area contributed by atoms with Gasteiger partial charge < -0.3 is 10.1 Å². The van der Waals surface area contributed by atoms with Crippen LogP contribution in [0.2, 0.25) is 0 Å². The Labute approximate surface area is 129 Å². The van der Waals surface area contributed by atoms with E-state index in [9.17, 15) is 4.79 Å². The zero-order valence-corrected chi connectivity index (χ0v) is 14.0. The van der Waals surface area contributed by atoms with Gasteiger partial charge in [-0.1, -0.05) is 19.9 Å². The molecule has 0 saturated carbocycles. The first-order valence-electron chi connectivity index (χ1n) is 5.28. The number of benzene rings is 1. The second-order valence-electron chi connectivity index (χ2n) is 4.82. The average molecular weight is 400 g/mol. The summed E-state index contributed by atoms with van der Waals surface area (Å²) in [7, 11) is 0. The van der Waals surface area contributed by atoms with Gasteiger partial charge in [-0.2, -0.15) is 0 Å². The number of ether oxygens (including phenoxy) is 1. The van der Waals surface area contributed by atoms with Crippen molar-refractivity contribution in [2.45, 2.75) is 19.9 Å². The Bertz CT molecular complexity index is 465. The summed E-state index contributed by atoms with van der Waals surface area (Å²) in [4.78, 5) is 11.3. The molecule has 100 valence electrons. The SMILES string of the molecule is CC1(C)COC(=O)N[C@@H]1c1ccc(Br)c(Br)c1.Cl. The third-order valence-electron chi connectivity index (χ3n) is 2.90. The van der Waals surface area contributed by atoms with E-state index in [0.29, 0.717) is 6.61 Å². The van der Waals surface area contributed by atoms with E-state index >= 15 is 0 Å². The van der Waals surface area contributed by atoms with Gasteiger partial charge in [0.1, 0.15) is 6.61 Å². The van der Waals surface area contributed by atoms with Crippen LogP contribution in [0.25, 0.3) is 0 Å². The topological polar surface area (TPSA) is 38.3 Å². The van der Waals surface area contributed by atoms with Crippen LogP contribution in [0.1, 0.15) is 25.5 Å². The van der Waals surface area contributed by atoms with Gasteiger partial charge in [0, 0.05) is 14.4 Å². The molecule has 1 fully saturated rings. The lowest BCUT2D eigenvalue weighted by Crippen LogP contribution is -2.46. The van der Waals surface area contributed by atoms with Gasteiger partial charge in [0.15, 0.2) is 0 Å². The zero-order chi connectivity index (χ0) is 12.6. The maximum Gasteiger partial charge on any atom is 0.407 e. The van der Waals surface area contributed by atoms with Crippen LogP contribution in [0.3, 0.4) is 0 Å². The van der Waals surface area contributed by atoms with Crippen LogP contribution in [-0.2, 0) is 4.74 Å². The summed E-state index contributed by atoms with van der Waals surface area (Å²) < 4.78 is 7.00. The number of cyclic esters (lactones) is 1. The summed E-state index contributed by atoms with van der Waals surface area (Å²) in [6, 6.07) is 5.96. The fraction of sp³-hybridized carbons (Fsp3) is 0.417. The highest BCUT2D eigenvalue weighted by Gasteiger charge is 2.37. The number of rotatable bonds is 1. The monoisotopic (exact) mass is 397 g/mol. The third kappa shape index (κ3) is 3.19. The van der Waals surface area contributed by atoms with Crippen LogP contribution in [0, 0.1) is 5.41 Å². The Morgan fingerprint density at radius 2 is 2.00 bits per heavy atom. The van der Waals surface area contributed by atoms with Crippen LogP contribution in [0.4, 0.5) is 4.79 Å². The summed E-state index contributed by atoms with van der Waals surface area (Å²) in [5.74, 6) is 0. The number of halogens is 3. The lowest BCUT2D eigenvalue weighted by atomic mass is 9.80. The van der Waals surface area contributed by atoms with Crippen LogP contribution < -0.4 is 5.32 Å². The van der Waals surface area contributed by atoms with Crippen molar-refractivity contribution in [1.82, 2.24) is 5.32 Å². The average Bonchev–Trinajstić information content (AvgIpc) is 2.26. The van der Waals surface area contributed by atoms with Crippen molar-refractivity contribution in [3.8, 4) is 0 Å². The molecule has 0 radical (unpaired) electrons. The summed E-state index contributed by atoms with van der Waals surface area (Å²) in [5, 5.41) is 2.87. The molecule has 0 spiro atoms. The van der Waals surface area contributed by atoms with Crippen molar-refractivity contribution in [1.29, 1.82) is 0 Å². The molecule has 1 heterocycles. The van der Waals surface area contributed by atoms with Crippen molar-refractivity contribution < 1.29 is 9.53 Å². The van der Waals surface area contributed by atoms with Crippen molar-refractivity contribution in [3.05, 3.63) is 32.7 Å². The Balaban J connectivity index is 0.00000162. The molecule has 3 nitrogen and oxygen atoms in total. The Morgan fingerprint density at radius 1 is 1.33 bits per heavy atom. The van der Waals surface area contributed by atoms with Crippen LogP contribution in [0.5, 0.6) is 0 Å². The molecule has 1 aliphatic rings. The van der Waals surface area contributed by atoms with Gasteiger partial charge in [0.2, 0.25) is 0 Å². The van der Waals surface area contributed by atoms with Crippen molar-refractivity contribution >= 4 is 50.4 Å². The molecule has 0 aliphatic carbocycles. The van der Waals surface area contributed by atoms with E-state index in [2.05, 4.69) is 51.0 Å². The van der Waals surface area contributed by atoms with Gasteiger partial charge in [0.25, 0.3) is 0 Å². The number of nitrogens with one attached hydrogen (secondary N) is 1. The minimum Gasteiger partial charge on any atom is -0.449 e. The lowest BCUT2D eigenvalue weighted by Gasteiger charge is -2.38. The zero-order valence-electron chi connectivity index (χ0n) is 10.00. The van der Waals surface area contributed by atoms with Crippen LogP contribution >= 0.6 is 44.3 Å². The predicted molar refractivity (Wildman–Crippen MR) is 80.1 cm³/mol. The fourth-order valence-corrected chi connectivity index (χ4v) is 2.56. The Hall–Kier alpha value is -0.260.